The molecule has 2 N–H and O–H groups in total. The number of fused-ring (bicyclic) bond motifs is 1. The lowest BCUT2D eigenvalue weighted by atomic mass is 10.3. The molecule has 2 heterocycles. The second kappa shape index (κ2) is 10.9. The van der Waals surface area contributed by atoms with Gasteiger partial charge >= 0.3 is 0 Å². The van der Waals surface area contributed by atoms with Crippen LogP contribution < -0.4 is 10.6 Å². The summed E-state index contributed by atoms with van der Waals surface area (Å²) in [5.41, 5.74) is 1.27. The van der Waals surface area contributed by atoms with Crippen LogP contribution in [0.3, 0.4) is 0 Å². The maximum Gasteiger partial charge on any atom is 0.226 e. The van der Waals surface area contributed by atoms with E-state index in [1.807, 2.05) is 0 Å². The molecule has 0 saturated heterocycles. The van der Waals surface area contributed by atoms with E-state index in [-0.39, 0.29) is 37.1 Å². The molecule has 0 fully saturated rings. The third-order valence-corrected chi connectivity index (χ3v) is 3.40. The van der Waals surface area contributed by atoms with Crippen LogP contribution in [-0.2, 0) is 11.2 Å². The third-order valence-electron chi connectivity index (χ3n) is 2.92. The zero-order valence-electron chi connectivity index (χ0n) is 12.6. The van der Waals surface area contributed by atoms with Crippen molar-refractivity contribution in [2.45, 2.75) is 19.8 Å². The van der Waals surface area contributed by atoms with Gasteiger partial charge in [-0.25, -0.2) is 4.98 Å². The van der Waals surface area contributed by atoms with Crippen molar-refractivity contribution in [3.63, 3.8) is 0 Å². The monoisotopic (exact) mass is 400 g/mol. The molecule has 0 bridgehead atoms. The molecular formula is C14H20Cl4N4O. The fourth-order valence-electron chi connectivity index (χ4n) is 1.98. The number of aromatic nitrogens is 2. The van der Waals surface area contributed by atoms with E-state index in [2.05, 4.69) is 22.5 Å². The average molecular weight is 402 g/mol. The van der Waals surface area contributed by atoms with E-state index in [1.54, 1.807) is 22.9 Å². The van der Waals surface area contributed by atoms with Gasteiger partial charge in [0, 0.05) is 25.5 Å². The number of carbonyl (C=O) groups is 1. The Hall–Kier alpha value is -0.720. The van der Waals surface area contributed by atoms with Gasteiger partial charge in [-0.1, -0.05) is 30.1 Å². The molecule has 0 radical (unpaired) electrons. The van der Waals surface area contributed by atoms with Gasteiger partial charge in [-0.3, -0.25) is 4.79 Å². The van der Waals surface area contributed by atoms with Gasteiger partial charge in [0.05, 0.1) is 22.2 Å². The van der Waals surface area contributed by atoms with E-state index in [0.29, 0.717) is 27.9 Å². The smallest absolute Gasteiger partial charge is 0.226 e. The van der Waals surface area contributed by atoms with Crippen molar-refractivity contribution in [1.82, 2.24) is 20.0 Å². The number of nitrogens with zero attached hydrogens (tertiary/aromatic N) is 2. The predicted octanol–water partition coefficient (Wildman–Crippen LogP) is 3.14. The molecule has 9 heteroatoms. The molecule has 0 atom stereocenters. The van der Waals surface area contributed by atoms with Gasteiger partial charge < -0.3 is 15.0 Å². The normalized spacial score (nSPS) is 10.0. The standard InChI is InChI=1S/C14H18Cl2N4O.2ClH/c1-2-3-17-4-5-18-13(21)7-11-9-20-8-10(15)6-12(16)14(20)19-11;;/h6,8-9,17H,2-5,7H2,1H3,(H,18,21);2*1H. The van der Waals surface area contributed by atoms with Crippen molar-refractivity contribution in [2.75, 3.05) is 19.6 Å². The minimum atomic E-state index is -0.0566. The highest BCUT2D eigenvalue weighted by Crippen LogP contribution is 2.21. The number of carbonyl (C=O) groups excluding carboxylic acids is 1. The first-order valence-corrected chi connectivity index (χ1v) is 7.65. The topological polar surface area (TPSA) is 58.4 Å². The summed E-state index contributed by atoms with van der Waals surface area (Å²) in [6.45, 7) is 4.44. The molecule has 0 aliphatic heterocycles. The van der Waals surface area contributed by atoms with Gasteiger partial charge in [0.2, 0.25) is 5.91 Å². The average Bonchev–Trinajstić information content (AvgIpc) is 2.81. The highest BCUT2D eigenvalue weighted by atomic mass is 35.5. The fourth-order valence-corrected chi connectivity index (χ4v) is 2.51. The Labute approximate surface area is 157 Å². The van der Waals surface area contributed by atoms with Gasteiger partial charge in [0.1, 0.15) is 0 Å². The molecular weight excluding hydrogens is 382 g/mol. The van der Waals surface area contributed by atoms with E-state index >= 15 is 0 Å². The van der Waals surface area contributed by atoms with Crippen LogP contribution in [0.2, 0.25) is 10.0 Å². The molecule has 1 amide bonds. The van der Waals surface area contributed by atoms with Crippen LogP contribution in [0.4, 0.5) is 0 Å². The Balaban J connectivity index is 0.00000242. The Morgan fingerprint density at radius 1 is 1.22 bits per heavy atom. The highest BCUT2D eigenvalue weighted by molar-refractivity contribution is 6.36. The molecule has 2 aromatic rings. The summed E-state index contributed by atoms with van der Waals surface area (Å²) in [6.07, 6.45) is 4.79. The summed E-state index contributed by atoms with van der Waals surface area (Å²) in [5.74, 6) is -0.0566. The quantitative estimate of drug-likeness (QED) is 0.700. The number of amides is 1. The predicted molar refractivity (Wildman–Crippen MR) is 99.6 cm³/mol. The largest absolute Gasteiger partial charge is 0.354 e. The molecule has 23 heavy (non-hydrogen) atoms. The summed E-state index contributed by atoms with van der Waals surface area (Å²) < 4.78 is 1.73. The molecule has 0 aliphatic carbocycles. The molecule has 0 saturated carbocycles. The molecule has 0 aliphatic rings. The van der Waals surface area contributed by atoms with Crippen LogP contribution in [0.1, 0.15) is 19.0 Å². The van der Waals surface area contributed by atoms with Crippen LogP contribution in [0, 0.1) is 0 Å². The van der Waals surface area contributed by atoms with E-state index in [0.717, 1.165) is 19.5 Å². The number of hydrogen-bond acceptors (Lipinski definition) is 3. The number of hydrogen-bond donors (Lipinski definition) is 2. The van der Waals surface area contributed by atoms with Crippen molar-refractivity contribution in [1.29, 1.82) is 0 Å². The van der Waals surface area contributed by atoms with Gasteiger partial charge in [0.25, 0.3) is 0 Å². The number of pyridine rings is 1. The minimum Gasteiger partial charge on any atom is -0.354 e. The zero-order chi connectivity index (χ0) is 15.2. The maximum absolute atomic E-state index is 11.8. The lowest BCUT2D eigenvalue weighted by Gasteiger charge is -2.04. The van der Waals surface area contributed by atoms with Crippen LogP contribution in [-0.4, -0.2) is 34.9 Å². The SMILES string of the molecule is CCCNCCNC(=O)Cc1cn2cc(Cl)cc(Cl)c2n1.Cl.Cl. The first-order chi connectivity index (χ1) is 10.1. The molecule has 0 spiro atoms. The first-order valence-electron chi connectivity index (χ1n) is 6.90. The highest BCUT2D eigenvalue weighted by Gasteiger charge is 2.10. The maximum atomic E-state index is 11.8. The Morgan fingerprint density at radius 3 is 2.65 bits per heavy atom. The number of rotatable bonds is 7. The number of halogens is 4. The van der Waals surface area contributed by atoms with Crippen molar-refractivity contribution >= 4 is 59.6 Å². The zero-order valence-corrected chi connectivity index (χ0v) is 15.8. The lowest BCUT2D eigenvalue weighted by molar-refractivity contribution is -0.120. The molecule has 2 aromatic heterocycles. The fraction of sp³-hybridized carbons (Fsp3) is 0.429. The molecule has 0 aromatic carbocycles. The van der Waals surface area contributed by atoms with Crippen molar-refractivity contribution in [3.8, 4) is 0 Å². The summed E-state index contributed by atoms with van der Waals surface area (Å²) in [6, 6.07) is 1.63. The lowest BCUT2D eigenvalue weighted by Crippen LogP contribution is -2.33. The number of imidazole rings is 1. The minimum absolute atomic E-state index is 0. The van der Waals surface area contributed by atoms with Crippen LogP contribution in [0.25, 0.3) is 5.65 Å². The van der Waals surface area contributed by atoms with E-state index in [4.69, 9.17) is 23.2 Å². The molecule has 130 valence electrons. The summed E-state index contributed by atoms with van der Waals surface area (Å²) in [5, 5.41) is 7.07. The van der Waals surface area contributed by atoms with Crippen LogP contribution in [0.15, 0.2) is 18.5 Å². The second-order valence-electron chi connectivity index (χ2n) is 4.75. The van der Waals surface area contributed by atoms with Gasteiger partial charge in [-0.15, -0.1) is 24.8 Å². The van der Waals surface area contributed by atoms with Gasteiger partial charge in [-0.05, 0) is 19.0 Å². The van der Waals surface area contributed by atoms with Crippen molar-refractivity contribution in [3.05, 3.63) is 34.2 Å². The van der Waals surface area contributed by atoms with Crippen molar-refractivity contribution < 1.29 is 4.79 Å². The first kappa shape index (κ1) is 22.3. The van der Waals surface area contributed by atoms with E-state index in [1.165, 1.54) is 0 Å². The molecule has 5 nitrogen and oxygen atoms in total. The van der Waals surface area contributed by atoms with Gasteiger partial charge in [-0.2, -0.15) is 0 Å². The summed E-state index contributed by atoms with van der Waals surface area (Å²) in [7, 11) is 0. The summed E-state index contributed by atoms with van der Waals surface area (Å²) in [4.78, 5) is 16.2. The Morgan fingerprint density at radius 2 is 1.96 bits per heavy atom. The van der Waals surface area contributed by atoms with E-state index < -0.39 is 0 Å². The number of nitrogens with one attached hydrogen (secondary N) is 2. The van der Waals surface area contributed by atoms with Crippen molar-refractivity contribution in [2.24, 2.45) is 0 Å². The van der Waals surface area contributed by atoms with Gasteiger partial charge in [0.15, 0.2) is 5.65 Å². The van der Waals surface area contributed by atoms with Crippen LogP contribution >= 0.6 is 48.0 Å². The second-order valence-corrected chi connectivity index (χ2v) is 5.59. The van der Waals surface area contributed by atoms with E-state index in [9.17, 15) is 4.79 Å². The Kier molecular flexibility index (Phi) is 10.6. The third kappa shape index (κ3) is 6.73. The van der Waals surface area contributed by atoms with Crippen LogP contribution in [0.5, 0.6) is 0 Å². The summed E-state index contributed by atoms with van der Waals surface area (Å²) >= 11 is 12.0. The Bertz CT molecular complexity index is 633. The molecule has 0 unspecified atom stereocenters. The molecule has 2 rings (SSSR count).